The Balaban J connectivity index is 2.29. The van der Waals surface area contributed by atoms with Gasteiger partial charge in [0.05, 0.1) is 0 Å². The maximum Gasteiger partial charge on any atom is 0.409 e. The summed E-state index contributed by atoms with van der Waals surface area (Å²) < 4.78 is 5.15. The molecule has 4 nitrogen and oxygen atoms in total. The SMILES string of the molecule is CNCCN(C)C(=O)OCc1ccccc1. The van der Waals surface area contributed by atoms with E-state index in [1.807, 2.05) is 37.4 Å². The van der Waals surface area contributed by atoms with Crippen LogP contribution in [0.2, 0.25) is 0 Å². The number of amides is 1. The number of carbonyl (C=O) groups is 1. The van der Waals surface area contributed by atoms with Crippen LogP contribution in [0.15, 0.2) is 30.3 Å². The van der Waals surface area contributed by atoms with Crippen LogP contribution in [0.5, 0.6) is 0 Å². The molecule has 16 heavy (non-hydrogen) atoms. The molecule has 0 bridgehead atoms. The van der Waals surface area contributed by atoms with Crippen LogP contribution < -0.4 is 5.32 Å². The topological polar surface area (TPSA) is 41.6 Å². The van der Waals surface area contributed by atoms with E-state index in [0.29, 0.717) is 13.2 Å². The Kier molecular flexibility index (Phi) is 5.36. The second kappa shape index (κ2) is 6.85. The van der Waals surface area contributed by atoms with Crippen LogP contribution >= 0.6 is 0 Å². The first kappa shape index (κ1) is 12.5. The smallest absolute Gasteiger partial charge is 0.409 e. The van der Waals surface area contributed by atoms with Gasteiger partial charge in [0.15, 0.2) is 0 Å². The van der Waals surface area contributed by atoms with Gasteiger partial charge in [-0.25, -0.2) is 4.79 Å². The molecule has 88 valence electrons. The zero-order valence-electron chi connectivity index (χ0n) is 9.77. The number of hydrogen-bond acceptors (Lipinski definition) is 3. The van der Waals surface area contributed by atoms with Gasteiger partial charge in [-0.2, -0.15) is 0 Å². The molecular weight excluding hydrogens is 204 g/mol. The number of ether oxygens (including phenoxy) is 1. The Labute approximate surface area is 96.2 Å². The van der Waals surface area contributed by atoms with Crippen molar-refractivity contribution in [3.05, 3.63) is 35.9 Å². The van der Waals surface area contributed by atoms with Crippen LogP contribution in [0.1, 0.15) is 5.56 Å². The largest absolute Gasteiger partial charge is 0.445 e. The van der Waals surface area contributed by atoms with E-state index < -0.39 is 0 Å². The highest BCUT2D eigenvalue weighted by atomic mass is 16.6. The lowest BCUT2D eigenvalue weighted by molar-refractivity contribution is 0.105. The molecule has 1 aromatic rings. The lowest BCUT2D eigenvalue weighted by Crippen LogP contribution is -2.33. The summed E-state index contributed by atoms with van der Waals surface area (Å²) >= 11 is 0. The van der Waals surface area contributed by atoms with Gasteiger partial charge in [0, 0.05) is 20.1 Å². The second-order valence-electron chi connectivity index (χ2n) is 3.57. The Morgan fingerprint density at radius 3 is 2.69 bits per heavy atom. The molecule has 1 rings (SSSR count). The number of nitrogens with one attached hydrogen (secondary N) is 1. The Morgan fingerprint density at radius 1 is 1.38 bits per heavy atom. The maximum atomic E-state index is 11.5. The number of likely N-dealkylation sites (N-methyl/N-ethyl adjacent to an activating group) is 2. The fourth-order valence-electron chi connectivity index (χ4n) is 1.20. The molecule has 0 aromatic heterocycles. The standard InChI is InChI=1S/C12H18N2O2/c1-13-8-9-14(2)12(15)16-10-11-6-4-3-5-7-11/h3-7,13H,8-10H2,1-2H3. The van der Waals surface area contributed by atoms with Gasteiger partial charge in [-0.05, 0) is 12.6 Å². The number of nitrogens with zero attached hydrogens (tertiary/aromatic N) is 1. The highest BCUT2D eigenvalue weighted by Gasteiger charge is 2.08. The molecule has 0 saturated heterocycles. The third-order valence-corrected chi connectivity index (χ3v) is 2.21. The Bertz CT molecular complexity index is 314. The molecular formula is C12H18N2O2. The monoisotopic (exact) mass is 222 g/mol. The minimum atomic E-state index is -0.292. The van der Waals surface area contributed by atoms with Crippen LogP contribution in [0.4, 0.5) is 4.79 Å². The van der Waals surface area contributed by atoms with Crippen LogP contribution in [0.3, 0.4) is 0 Å². The molecule has 1 amide bonds. The Hall–Kier alpha value is -1.55. The number of carbonyl (C=O) groups excluding carboxylic acids is 1. The van der Waals surface area contributed by atoms with Gasteiger partial charge in [-0.1, -0.05) is 30.3 Å². The van der Waals surface area contributed by atoms with Crippen molar-refractivity contribution in [2.24, 2.45) is 0 Å². The molecule has 1 aromatic carbocycles. The summed E-state index contributed by atoms with van der Waals surface area (Å²) in [6.07, 6.45) is -0.292. The van der Waals surface area contributed by atoms with Gasteiger partial charge in [0.1, 0.15) is 6.61 Å². The van der Waals surface area contributed by atoms with E-state index >= 15 is 0 Å². The fourth-order valence-corrected chi connectivity index (χ4v) is 1.20. The lowest BCUT2D eigenvalue weighted by atomic mass is 10.2. The van der Waals surface area contributed by atoms with E-state index in [2.05, 4.69) is 5.32 Å². The van der Waals surface area contributed by atoms with Crippen molar-refractivity contribution in [3.63, 3.8) is 0 Å². The molecule has 0 radical (unpaired) electrons. The molecule has 0 spiro atoms. The molecule has 0 aliphatic rings. The molecule has 0 fully saturated rings. The van der Waals surface area contributed by atoms with Crippen molar-refractivity contribution in [1.82, 2.24) is 10.2 Å². The van der Waals surface area contributed by atoms with E-state index in [1.54, 1.807) is 11.9 Å². The second-order valence-corrected chi connectivity index (χ2v) is 3.57. The third kappa shape index (κ3) is 4.31. The zero-order valence-corrected chi connectivity index (χ0v) is 9.77. The highest BCUT2D eigenvalue weighted by molar-refractivity contribution is 5.67. The molecule has 0 aliphatic carbocycles. The van der Waals surface area contributed by atoms with Crippen LogP contribution in [-0.4, -0.2) is 38.2 Å². The summed E-state index contributed by atoms with van der Waals surface area (Å²) in [4.78, 5) is 13.1. The number of benzene rings is 1. The van der Waals surface area contributed by atoms with Gasteiger partial charge in [0.25, 0.3) is 0 Å². The lowest BCUT2D eigenvalue weighted by Gasteiger charge is -2.16. The van der Waals surface area contributed by atoms with Gasteiger partial charge >= 0.3 is 6.09 Å². The molecule has 1 N–H and O–H groups in total. The highest BCUT2D eigenvalue weighted by Crippen LogP contribution is 2.02. The van der Waals surface area contributed by atoms with Crippen LogP contribution in [-0.2, 0) is 11.3 Å². The van der Waals surface area contributed by atoms with Crippen molar-refractivity contribution in [1.29, 1.82) is 0 Å². The minimum Gasteiger partial charge on any atom is -0.445 e. The molecule has 0 saturated carbocycles. The maximum absolute atomic E-state index is 11.5. The number of hydrogen-bond donors (Lipinski definition) is 1. The summed E-state index contributed by atoms with van der Waals surface area (Å²) in [6, 6.07) is 9.65. The predicted molar refractivity (Wildman–Crippen MR) is 63.2 cm³/mol. The third-order valence-electron chi connectivity index (χ3n) is 2.21. The summed E-state index contributed by atoms with van der Waals surface area (Å²) in [5.41, 5.74) is 0.998. The first-order valence-corrected chi connectivity index (χ1v) is 5.30. The van der Waals surface area contributed by atoms with Crippen LogP contribution in [0.25, 0.3) is 0 Å². The first-order valence-electron chi connectivity index (χ1n) is 5.30. The van der Waals surface area contributed by atoms with Gasteiger partial charge < -0.3 is 15.0 Å². The molecule has 0 heterocycles. The predicted octanol–water partition coefficient (Wildman–Crippen LogP) is 1.47. The van der Waals surface area contributed by atoms with Crippen molar-refractivity contribution < 1.29 is 9.53 Å². The number of rotatable bonds is 5. The molecule has 0 atom stereocenters. The molecule has 4 heteroatoms. The Morgan fingerprint density at radius 2 is 2.06 bits per heavy atom. The van der Waals surface area contributed by atoms with Crippen molar-refractivity contribution in [3.8, 4) is 0 Å². The average Bonchev–Trinajstić information content (AvgIpc) is 2.34. The summed E-state index contributed by atoms with van der Waals surface area (Å²) in [5, 5.41) is 2.98. The van der Waals surface area contributed by atoms with Crippen molar-refractivity contribution in [2.75, 3.05) is 27.2 Å². The van der Waals surface area contributed by atoms with Crippen LogP contribution in [0, 0.1) is 0 Å². The average molecular weight is 222 g/mol. The van der Waals surface area contributed by atoms with Crippen molar-refractivity contribution >= 4 is 6.09 Å². The minimum absolute atomic E-state index is 0.292. The van der Waals surface area contributed by atoms with Crippen molar-refractivity contribution in [2.45, 2.75) is 6.61 Å². The van der Waals surface area contributed by atoms with Gasteiger partial charge in [0.2, 0.25) is 0 Å². The van der Waals surface area contributed by atoms with E-state index in [-0.39, 0.29) is 6.09 Å². The first-order chi connectivity index (χ1) is 7.74. The van der Waals surface area contributed by atoms with Gasteiger partial charge in [-0.15, -0.1) is 0 Å². The molecule has 0 unspecified atom stereocenters. The molecule has 0 aliphatic heterocycles. The van der Waals surface area contributed by atoms with E-state index in [9.17, 15) is 4.79 Å². The van der Waals surface area contributed by atoms with E-state index in [0.717, 1.165) is 12.1 Å². The summed E-state index contributed by atoms with van der Waals surface area (Å²) in [7, 11) is 3.58. The quantitative estimate of drug-likeness (QED) is 0.820. The normalized spacial score (nSPS) is 9.88. The zero-order chi connectivity index (χ0) is 11.8. The van der Waals surface area contributed by atoms with E-state index in [1.165, 1.54) is 0 Å². The van der Waals surface area contributed by atoms with E-state index in [4.69, 9.17) is 4.74 Å². The summed E-state index contributed by atoms with van der Waals surface area (Å²) in [6.45, 7) is 1.73. The van der Waals surface area contributed by atoms with Gasteiger partial charge in [-0.3, -0.25) is 0 Å². The fraction of sp³-hybridized carbons (Fsp3) is 0.417. The summed E-state index contributed by atoms with van der Waals surface area (Å²) in [5.74, 6) is 0.